The lowest BCUT2D eigenvalue weighted by Gasteiger charge is -2.20. The highest BCUT2D eigenvalue weighted by Crippen LogP contribution is 2.31. The number of rotatable bonds is 6. The minimum absolute atomic E-state index is 0.348. The zero-order valence-electron chi connectivity index (χ0n) is 14.0. The summed E-state index contributed by atoms with van der Waals surface area (Å²) in [5.41, 5.74) is 4.42. The summed E-state index contributed by atoms with van der Waals surface area (Å²) in [5.74, 6) is 0. The number of hydrogen-bond acceptors (Lipinski definition) is 3. The van der Waals surface area contributed by atoms with Crippen LogP contribution >= 0.6 is 0 Å². The zero-order valence-corrected chi connectivity index (χ0v) is 14.9. The molecule has 0 heterocycles. The third-order valence-corrected chi connectivity index (χ3v) is 4.75. The highest BCUT2D eigenvalue weighted by atomic mass is 32.2. The number of anilines is 1. The second-order valence-corrected chi connectivity index (χ2v) is 6.61. The van der Waals surface area contributed by atoms with Crippen LogP contribution in [-0.2, 0) is 24.1 Å². The summed E-state index contributed by atoms with van der Waals surface area (Å²) in [6.45, 7) is 0. The van der Waals surface area contributed by atoms with Crippen LogP contribution in [0.2, 0.25) is 0 Å². The molecule has 0 saturated carbocycles. The van der Waals surface area contributed by atoms with E-state index in [4.69, 9.17) is 5.26 Å². The molecule has 3 rings (SSSR count). The average molecular weight is 361 g/mol. The summed E-state index contributed by atoms with van der Waals surface area (Å²) in [6, 6.07) is 25.3. The number of benzene rings is 3. The second kappa shape index (κ2) is 8.43. The molecular weight excluding hydrogens is 344 g/mol. The van der Waals surface area contributed by atoms with Crippen LogP contribution < -0.4 is 4.31 Å². The summed E-state index contributed by atoms with van der Waals surface area (Å²) in [5, 5.41) is 9.13. The predicted molar refractivity (Wildman–Crippen MR) is 103 cm³/mol. The molecule has 0 saturated heterocycles. The normalized spacial score (nSPS) is 11.5. The molecule has 0 bridgehead atoms. The zero-order chi connectivity index (χ0) is 18.4. The number of para-hydroxylation sites is 1. The van der Waals surface area contributed by atoms with Crippen LogP contribution in [0.4, 0.5) is 5.69 Å². The minimum atomic E-state index is -2.64. The van der Waals surface area contributed by atoms with E-state index in [-0.39, 0.29) is 0 Å². The molecule has 0 fully saturated rings. The van der Waals surface area contributed by atoms with Crippen LogP contribution in [0.15, 0.2) is 78.9 Å². The van der Waals surface area contributed by atoms with Crippen LogP contribution in [0.1, 0.15) is 11.1 Å². The molecule has 130 valence electrons. The van der Waals surface area contributed by atoms with Crippen molar-refractivity contribution in [2.45, 2.75) is 12.8 Å². The monoisotopic (exact) mass is 361 g/mol. The van der Waals surface area contributed by atoms with E-state index in [1.807, 2.05) is 54.6 Å². The number of nitrogens with zero attached hydrogens (tertiary/aromatic N) is 2. The Kier molecular flexibility index (Phi) is 5.80. The molecule has 0 aliphatic heterocycles. The highest BCUT2D eigenvalue weighted by Gasteiger charge is 2.12. The molecule has 3 aromatic rings. The SMILES string of the molecule is N#CN(c1ccccc1-c1ccc(CCc2ccccc2)cc1)S(=O)[O-]. The Morgan fingerprint density at radius 2 is 1.42 bits per heavy atom. The number of aryl methyl sites for hydroxylation is 2. The molecule has 0 amide bonds. The van der Waals surface area contributed by atoms with Gasteiger partial charge in [-0.1, -0.05) is 72.8 Å². The Balaban J connectivity index is 1.81. The van der Waals surface area contributed by atoms with Crippen molar-refractivity contribution >= 4 is 17.0 Å². The van der Waals surface area contributed by atoms with E-state index in [9.17, 15) is 8.76 Å². The third kappa shape index (κ3) is 4.17. The van der Waals surface area contributed by atoms with E-state index in [0.717, 1.165) is 18.4 Å². The lowest BCUT2D eigenvalue weighted by Crippen LogP contribution is -2.19. The standard InChI is InChI=1S/C21H18N2O2S/c22-16-23(26(24)25)21-9-5-4-8-20(21)19-14-12-18(13-15-19)11-10-17-6-2-1-3-7-17/h1-9,12-15H,10-11H2,(H,24,25)/p-1. The van der Waals surface area contributed by atoms with Crippen molar-refractivity contribution in [3.05, 3.63) is 90.0 Å². The fraction of sp³-hybridized carbons (Fsp3) is 0.0952. The quantitative estimate of drug-likeness (QED) is 0.375. The van der Waals surface area contributed by atoms with Gasteiger partial charge in [0.1, 0.15) is 0 Å². The van der Waals surface area contributed by atoms with E-state index in [0.29, 0.717) is 15.6 Å². The third-order valence-electron chi connectivity index (χ3n) is 4.17. The van der Waals surface area contributed by atoms with Crippen LogP contribution in [0.5, 0.6) is 0 Å². The second-order valence-electron chi connectivity index (χ2n) is 5.81. The summed E-state index contributed by atoms with van der Waals surface area (Å²) in [6.07, 6.45) is 3.60. The first kappa shape index (κ1) is 17.9. The Morgan fingerprint density at radius 1 is 0.846 bits per heavy atom. The Morgan fingerprint density at radius 3 is 2.04 bits per heavy atom. The van der Waals surface area contributed by atoms with Gasteiger partial charge in [-0.25, -0.2) is 4.31 Å². The van der Waals surface area contributed by atoms with Gasteiger partial charge in [-0.05, 0) is 35.6 Å². The summed E-state index contributed by atoms with van der Waals surface area (Å²) in [7, 11) is 0. The molecule has 1 unspecified atom stereocenters. The molecule has 4 nitrogen and oxygen atoms in total. The van der Waals surface area contributed by atoms with Crippen molar-refractivity contribution in [3.63, 3.8) is 0 Å². The topological polar surface area (TPSA) is 67.2 Å². The summed E-state index contributed by atoms with van der Waals surface area (Å²) in [4.78, 5) is 0. The van der Waals surface area contributed by atoms with Crippen molar-refractivity contribution in [1.29, 1.82) is 5.26 Å². The Bertz CT molecular complexity index is 934. The van der Waals surface area contributed by atoms with Crippen molar-refractivity contribution < 1.29 is 8.76 Å². The molecule has 3 aromatic carbocycles. The van der Waals surface area contributed by atoms with Gasteiger partial charge in [0.25, 0.3) is 0 Å². The van der Waals surface area contributed by atoms with E-state index in [2.05, 4.69) is 12.1 Å². The maximum absolute atomic E-state index is 11.3. The van der Waals surface area contributed by atoms with Crippen LogP contribution in [0.3, 0.4) is 0 Å². The predicted octanol–water partition coefficient (Wildman–Crippen LogP) is 4.22. The highest BCUT2D eigenvalue weighted by molar-refractivity contribution is 7.80. The van der Waals surface area contributed by atoms with Gasteiger partial charge in [0.05, 0.1) is 17.0 Å². The molecule has 0 aliphatic rings. The van der Waals surface area contributed by atoms with Crippen LogP contribution in [0.25, 0.3) is 11.1 Å². The first-order valence-electron chi connectivity index (χ1n) is 8.20. The molecule has 0 spiro atoms. The van der Waals surface area contributed by atoms with E-state index in [1.165, 1.54) is 11.1 Å². The molecule has 0 aromatic heterocycles. The molecule has 0 radical (unpaired) electrons. The number of nitriles is 1. The van der Waals surface area contributed by atoms with Crippen LogP contribution in [0, 0.1) is 11.5 Å². The van der Waals surface area contributed by atoms with Crippen molar-refractivity contribution in [3.8, 4) is 17.3 Å². The molecule has 0 N–H and O–H groups in total. The molecular formula is C21H17N2O2S-. The fourth-order valence-electron chi connectivity index (χ4n) is 2.85. The maximum atomic E-state index is 11.3. The fourth-order valence-corrected chi connectivity index (χ4v) is 3.23. The first-order chi connectivity index (χ1) is 12.7. The van der Waals surface area contributed by atoms with Crippen molar-refractivity contribution in [2.75, 3.05) is 4.31 Å². The lowest BCUT2D eigenvalue weighted by atomic mass is 9.99. The van der Waals surface area contributed by atoms with E-state index >= 15 is 0 Å². The van der Waals surface area contributed by atoms with Gasteiger partial charge >= 0.3 is 0 Å². The van der Waals surface area contributed by atoms with Crippen molar-refractivity contribution in [1.82, 2.24) is 0 Å². The molecule has 1 atom stereocenters. The van der Waals surface area contributed by atoms with E-state index in [1.54, 1.807) is 18.3 Å². The van der Waals surface area contributed by atoms with Gasteiger partial charge < -0.3 is 4.55 Å². The molecule has 0 aliphatic carbocycles. The van der Waals surface area contributed by atoms with Crippen molar-refractivity contribution in [2.24, 2.45) is 0 Å². The molecule has 5 heteroatoms. The smallest absolute Gasteiger partial charge is 0.196 e. The van der Waals surface area contributed by atoms with Gasteiger partial charge in [-0.15, -0.1) is 0 Å². The number of hydrogen-bond donors (Lipinski definition) is 0. The maximum Gasteiger partial charge on any atom is 0.196 e. The summed E-state index contributed by atoms with van der Waals surface area (Å²) >= 11 is -2.64. The lowest BCUT2D eigenvalue weighted by molar-refractivity contribution is 0.537. The Labute approximate surface area is 155 Å². The van der Waals surface area contributed by atoms with Crippen LogP contribution in [-0.4, -0.2) is 8.76 Å². The Hall–Kier alpha value is -2.94. The van der Waals surface area contributed by atoms with E-state index < -0.39 is 11.3 Å². The minimum Gasteiger partial charge on any atom is -0.754 e. The van der Waals surface area contributed by atoms with Gasteiger partial charge in [0.15, 0.2) is 6.19 Å². The first-order valence-corrected chi connectivity index (χ1v) is 9.24. The van der Waals surface area contributed by atoms with Gasteiger partial charge in [0.2, 0.25) is 0 Å². The van der Waals surface area contributed by atoms with Gasteiger partial charge in [-0.2, -0.15) is 5.26 Å². The largest absolute Gasteiger partial charge is 0.754 e. The summed E-state index contributed by atoms with van der Waals surface area (Å²) < 4.78 is 23.3. The average Bonchev–Trinajstić information content (AvgIpc) is 2.68. The van der Waals surface area contributed by atoms with Gasteiger partial charge in [0, 0.05) is 5.56 Å². The van der Waals surface area contributed by atoms with Gasteiger partial charge in [-0.3, -0.25) is 4.21 Å². The molecule has 26 heavy (non-hydrogen) atoms.